The van der Waals surface area contributed by atoms with Gasteiger partial charge < -0.3 is 13.9 Å². The Labute approximate surface area is 254 Å². The Bertz CT molecular complexity index is 1300. The van der Waals surface area contributed by atoms with E-state index in [4.69, 9.17) is 13.9 Å². The van der Waals surface area contributed by atoms with E-state index in [2.05, 4.69) is 79.1 Å². The van der Waals surface area contributed by atoms with Gasteiger partial charge in [-0.1, -0.05) is 60.6 Å². The number of esters is 1. The second-order valence-corrected chi connectivity index (χ2v) is 22.5. The summed E-state index contributed by atoms with van der Waals surface area (Å²) in [6.07, 6.45) is 8.52. The Balaban J connectivity index is 1.36. The number of rotatable bonds is 2. The normalized spacial score (nSPS) is 50.2. The van der Waals surface area contributed by atoms with E-state index >= 15 is 0 Å². The summed E-state index contributed by atoms with van der Waals surface area (Å²) in [5, 5.41) is 0.0542. The molecule has 7 rings (SSSR count). The average molecular weight is 596 g/mol. The van der Waals surface area contributed by atoms with Gasteiger partial charge in [0, 0.05) is 36.6 Å². The number of ketones is 1. The number of fused-ring (bicyclic) bond motifs is 5. The van der Waals surface area contributed by atoms with Gasteiger partial charge in [-0.05, 0) is 79.0 Å². The van der Waals surface area contributed by atoms with Crippen LogP contribution in [0, 0.1) is 39.9 Å². The molecule has 10 atom stereocenters. The van der Waals surface area contributed by atoms with Crippen molar-refractivity contribution < 1.29 is 23.5 Å². The predicted molar refractivity (Wildman–Crippen MR) is 165 cm³/mol. The summed E-state index contributed by atoms with van der Waals surface area (Å²) in [7, 11) is -2.13. The number of Topliss-reactive ketones (excluding diaryl/α,β-unsaturated/α-hetero) is 1. The lowest BCUT2D eigenvalue weighted by molar-refractivity contribution is -0.379. The Hall–Kier alpha value is -1.44. The summed E-state index contributed by atoms with van der Waals surface area (Å²) in [6.45, 7) is 26.0. The van der Waals surface area contributed by atoms with Gasteiger partial charge in [0.2, 0.25) is 8.32 Å². The number of nitrogens with zero attached hydrogens (tertiary/aromatic N) is 1. The van der Waals surface area contributed by atoms with Crippen molar-refractivity contribution in [2.45, 2.75) is 136 Å². The van der Waals surface area contributed by atoms with E-state index in [1.807, 2.05) is 0 Å². The number of allylic oxidation sites excluding steroid dienone is 3. The third-order valence-electron chi connectivity index (χ3n) is 14.3. The van der Waals surface area contributed by atoms with E-state index in [-0.39, 0.29) is 51.4 Å². The van der Waals surface area contributed by atoms with Crippen molar-refractivity contribution in [3.05, 3.63) is 24.0 Å². The predicted octanol–water partition coefficient (Wildman–Crippen LogP) is 7.36. The molecule has 0 aromatic heterocycles. The van der Waals surface area contributed by atoms with Gasteiger partial charge in [0.05, 0.1) is 18.3 Å². The van der Waals surface area contributed by atoms with Gasteiger partial charge in [-0.2, -0.15) is 0 Å². The second-order valence-electron chi connectivity index (χ2n) is 17.8. The molecule has 2 saturated carbocycles. The zero-order chi connectivity index (χ0) is 30.5. The molecule has 7 aliphatic rings. The van der Waals surface area contributed by atoms with E-state index in [1.54, 1.807) is 0 Å². The minimum Gasteiger partial charge on any atom is -0.546 e. The van der Waals surface area contributed by atoms with Crippen molar-refractivity contribution in [3.63, 3.8) is 0 Å². The first-order valence-corrected chi connectivity index (χ1v) is 19.5. The molecule has 0 radical (unpaired) electrons. The van der Waals surface area contributed by atoms with Gasteiger partial charge in [0.25, 0.3) is 0 Å². The van der Waals surface area contributed by atoms with Crippen molar-refractivity contribution >= 4 is 20.1 Å². The maximum absolute atomic E-state index is 14.7. The van der Waals surface area contributed by atoms with Crippen LogP contribution in [-0.2, 0) is 23.5 Å². The number of hydrogen-bond donors (Lipinski definition) is 0. The van der Waals surface area contributed by atoms with Crippen molar-refractivity contribution in [2.75, 3.05) is 6.54 Å². The van der Waals surface area contributed by atoms with Crippen molar-refractivity contribution in [1.29, 1.82) is 0 Å². The van der Waals surface area contributed by atoms with Gasteiger partial charge in [0.15, 0.2) is 5.72 Å². The van der Waals surface area contributed by atoms with Gasteiger partial charge in [-0.25, -0.2) is 4.90 Å². The monoisotopic (exact) mass is 595 g/mol. The molecule has 3 aliphatic carbocycles. The van der Waals surface area contributed by atoms with Crippen molar-refractivity contribution in [3.8, 4) is 0 Å². The molecule has 0 N–H and O–H groups in total. The fourth-order valence-electron chi connectivity index (χ4n) is 11.4. The fraction of sp³-hybridized carbons (Fsp3) is 0.829. The standard InChI is InChI=1S/C35H53NO5Si/c1-21-14-25-24(27(15-21)41-42(9,10)30(3,4)5)16-26(37)29-31(25,6)20-35-33(8,32(29,7)18-28(38)40-35)11-12-34-17-22(2)13-23(39-34)19-36(34)35/h15,22-25,29H,1,11-14,16-20H2,2-10H3/t22-,23+,24?,25?,29-,31-,32-,33-,34-,35+/m0/s1. The lowest BCUT2D eigenvalue weighted by Crippen LogP contribution is -2.82. The Morgan fingerprint density at radius 1 is 1.12 bits per heavy atom. The van der Waals surface area contributed by atoms with Crippen LogP contribution < -0.4 is 0 Å². The van der Waals surface area contributed by atoms with Crippen LogP contribution in [0.3, 0.4) is 0 Å². The minimum atomic E-state index is -2.13. The van der Waals surface area contributed by atoms with Crippen LogP contribution in [-0.4, -0.2) is 49.1 Å². The summed E-state index contributed by atoms with van der Waals surface area (Å²) in [5.74, 6) is 1.76. The first-order valence-electron chi connectivity index (χ1n) is 16.6. The third kappa shape index (κ3) is 3.45. The largest absolute Gasteiger partial charge is 0.546 e. The fourth-order valence-corrected chi connectivity index (χ4v) is 12.5. The summed E-state index contributed by atoms with van der Waals surface area (Å²) in [5.41, 5.74) is -1.28. The molecule has 6 nitrogen and oxygen atoms in total. The SMILES string of the molecule is C=C1C=C(O[Si](C)(C)C(C)(C)C)C2CC(=O)[C@H]3[C@@](C)(C[C@@]45OC(=O)C[C@]3(C)[C@]4(C)CC[C@]34C[C@@H](C)C[C@H](CN35)O4)C2C1. The van der Waals surface area contributed by atoms with Gasteiger partial charge in [0.1, 0.15) is 11.5 Å². The molecule has 0 aromatic carbocycles. The smallest absolute Gasteiger partial charge is 0.308 e. The molecule has 1 spiro atoms. The first-order chi connectivity index (χ1) is 19.3. The van der Waals surface area contributed by atoms with E-state index in [0.717, 1.165) is 50.0 Å². The van der Waals surface area contributed by atoms with Crippen LogP contribution in [0.4, 0.5) is 0 Å². The number of hydrogen-bond acceptors (Lipinski definition) is 6. The molecule has 4 aliphatic heterocycles. The zero-order valence-electron chi connectivity index (χ0n) is 27.5. The molecule has 4 bridgehead atoms. The van der Waals surface area contributed by atoms with Crippen LogP contribution in [0.15, 0.2) is 24.0 Å². The summed E-state index contributed by atoms with van der Waals surface area (Å²) >= 11 is 0. The van der Waals surface area contributed by atoms with E-state index in [1.165, 1.54) is 0 Å². The highest BCUT2D eigenvalue weighted by atomic mass is 28.4. The molecule has 0 aromatic rings. The van der Waals surface area contributed by atoms with Crippen molar-refractivity contribution in [1.82, 2.24) is 4.90 Å². The molecule has 0 amide bonds. The topological polar surface area (TPSA) is 65.1 Å². The number of ether oxygens (including phenoxy) is 2. The number of carbonyl (C=O) groups excluding carboxylic acids is 2. The Kier molecular flexibility index (Phi) is 5.87. The summed E-state index contributed by atoms with van der Waals surface area (Å²) < 4.78 is 20.7. The Morgan fingerprint density at radius 2 is 1.83 bits per heavy atom. The number of carbonyl (C=O) groups is 2. The molecule has 2 unspecified atom stereocenters. The molecular formula is C35H53NO5Si. The highest BCUT2D eigenvalue weighted by Gasteiger charge is 2.82. The maximum Gasteiger partial charge on any atom is 0.308 e. The van der Waals surface area contributed by atoms with Gasteiger partial charge >= 0.3 is 5.97 Å². The molecule has 232 valence electrons. The zero-order valence-corrected chi connectivity index (χ0v) is 28.5. The molecule has 7 heteroatoms. The first kappa shape index (κ1) is 29.3. The second kappa shape index (κ2) is 8.42. The lowest BCUT2D eigenvalue weighted by atomic mass is 9.34. The highest BCUT2D eigenvalue weighted by Crippen LogP contribution is 2.78. The molecule has 4 heterocycles. The van der Waals surface area contributed by atoms with Crippen LogP contribution >= 0.6 is 0 Å². The molecule has 4 saturated heterocycles. The van der Waals surface area contributed by atoms with Crippen LogP contribution in [0.25, 0.3) is 0 Å². The summed E-state index contributed by atoms with van der Waals surface area (Å²) in [6, 6.07) is 0. The maximum atomic E-state index is 14.7. The van der Waals surface area contributed by atoms with Gasteiger partial charge in [-0.3, -0.25) is 9.59 Å². The third-order valence-corrected chi connectivity index (χ3v) is 18.7. The highest BCUT2D eigenvalue weighted by molar-refractivity contribution is 6.74. The van der Waals surface area contributed by atoms with E-state index < -0.39 is 19.5 Å². The number of piperidine rings is 1. The molecular weight excluding hydrogens is 542 g/mol. The van der Waals surface area contributed by atoms with E-state index in [0.29, 0.717) is 31.0 Å². The van der Waals surface area contributed by atoms with Crippen LogP contribution in [0.1, 0.15) is 99.8 Å². The van der Waals surface area contributed by atoms with E-state index in [9.17, 15) is 9.59 Å². The lowest BCUT2D eigenvalue weighted by Gasteiger charge is -2.76. The van der Waals surface area contributed by atoms with Crippen LogP contribution in [0.5, 0.6) is 0 Å². The molecule has 42 heavy (non-hydrogen) atoms. The molecule has 6 fully saturated rings. The van der Waals surface area contributed by atoms with Crippen molar-refractivity contribution in [2.24, 2.45) is 39.9 Å². The summed E-state index contributed by atoms with van der Waals surface area (Å²) in [4.78, 5) is 30.9. The van der Waals surface area contributed by atoms with Crippen LogP contribution in [0.2, 0.25) is 18.1 Å². The quantitative estimate of drug-likeness (QED) is 0.246. The average Bonchev–Trinajstić information content (AvgIpc) is 3.11. The van der Waals surface area contributed by atoms with Gasteiger partial charge in [-0.15, -0.1) is 0 Å². The Morgan fingerprint density at radius 3 is 2.52 bits per heavy atom. The minimum absolute atomic E-state index is 0.0331.